The Kier molecular flexibility index (Phi) is 2.49. The Balaban J connectivity index is 2.47. The Morgan fingerprint density at radius 1 is 1.33 bits per heavy atom. The van der Waals surface area contributed by atoms with Crippen molar-refractivity contribution in [3.63, 3.8) is 0 Å². The second-order valence-corrected chi connectivity index (χ2v) is 2.73. The van der Waals surface area contributed by atoms with Gasteiger partial charge in [0.25, 0.3) is 0 Å². The molecular weight excluding hydrogens is 196 g/mol. The molecule has 0 saturated carbocycles. The molecular formula is C9H10N4O2. The third-order valence-corrected chi connectivity index (χ3v) is 1.80. The van der Waals surface area contributed by atoms with Gasteiger partial charge in [0.05, 0.1) is 18.9 Å². The molecule has 0 amide bonds. The molecule has 0 saturated heterocycles. The highest BCUT2D eigenvalue weighted by atomic mass is 16.5. The summed E-state index contributed by atoms with van der Waals surface area (Å²) in [7, 11) is 3.24. The molecule has 2 aromatic heterocycles. The SMILES string of the molecule is CNc1nc(OC)nc(-c2ccoc2)n1. The fourth-order valence-electron chi connectivity index (χ4n) is 1.08. The number of aromatic nitrogens is 3. The predicted octanol–water partition coefficient (Wildman–Crippen LogP) is 1.18. The van der Waals surface area contributed by atoms with Crippen molar-refractivity contribution in [3.8, 4) is 17.4 Å². The lowest BCUT2D eigenvalue weighted by molar-refractivity contribution is 0.379. The van der Waals surface area contributed by atoms with Crippen molar-refractivity contribution in [1.29, 1.82) is 0 Å². The van der Waals surface area contributed by atoms with Gasteiger partial charge in [-0.15, -0.1) is 0 Å². The van der Waals surface area contributed by atoms with Crippen LogP contribution < -0.4 is 10.1 Å². The molecule has 15 heavy (non-hydrogen) atoms. The lowest BCUT2D eigenvalue weighted by atomic mass is 10.3. The van der Waals surface area contributed by atoms with E-state index in [2.05, 4.69) is 20.3 Å². The van der Waals surface area contributed by atoms with Gasteiger partial charge in [-0.05, 0) is 6.07 Å². The summed E-state index contributed by atoms with van der Waals surface area (Å²) in [5.74, 6) is 0.970. The van der Waals surface area contributed by atoms with Crippen LogP contribution in [-0.4, -0.2) is 29.1 Å². The zero-order valence-electron chi connectivity index (χ0n) is 8.39. The van der Waals surface area contributed by atoms with Gasteiger partial charge in [-0.2, -0.15) is 15.0 Å². The van der Waals surface area contributed by atoms with E-state index in [0.29, 0.717) is 11.8 Å². The van der Waals surface area contributed by atoms with E-state index in [1.54, 1.807) is 25.6 Å². The zero-order chi connectivity index (χ0) is 10.7. The van der Waals surface area contributed by atoms with Gasteiger partial charge in [0, 0.05) is 7.05 Å². The molecule has 1 N–H and O–H groups in total. The molecule has 2 heterocycles. The van der Waals surface area contributed by atoms with E-state index in [9.17, 15) is 0 Å². The minimum atomic E-state index is 0.269. The van der Waals surface area contributed by atoms with Crippen LogP contribution in [0.5, 0.6) is 6.01 Å². The highest BCUT2D eigenvalue weighted by molar-refractivity contribution is 5.54. The van der Waals surface area contributed by atoms with E-state index >= 15 is 0 Å². The standard InChI is InChI=1S/C9H10N4O2/c1-10-8-11-7(6-3-4-15-5-6)12-9(13-8)14-2/h3-5H,1-2H3,(H,10,11,12,13). The molecule has 0 aliphatic heterocycles. The lowest BCUT2D eigenvalue weighted by Crippen LogP contribution is -2.02. The Morgan fingerprint density at radius 2 is 2.20 bits per heavy atom. The van der Waals surface area contributed by atoms with Gasteiger partial charge in [-0.3, -0.25) is 0 Å². The Hall–Kier alpha value is -2.11. The average molecular weight is 206 g/mol. The van der Waals surface area contributed by atoms with Gasteiger partial charge in [0.15, 0.2) is 5.82 Å². The first-order chi connectivity index (χ1) is 7.33. The Bertz CT molecular complexity index is 419. The number of nitrogens with one attached hydrogen (secondary N) is 1. The van der Waals surface area contributed by atoms with Crippen molar-refractivity contribution in [2.75, 3.05) is 19.5 Å². The number of hydrogen-bond acceptors (Lipinski definition) is 6. The summed E-state index contributed by atoms with van der Waals surface area (Å²) in [6.07, 6.45) is 3.12. The van der Waals surface area contributed by atoms with Crippen LogP contribution in [0.3, 0.4) is 0 Å². The molecule has 0 aromatic carbocycles. The quantitative estimate of drug-likeness (QED) is 0.812. The Morgan fingerprint density at radius 3 is 2.80 bits per heavy atom. The number of furan rings is 1. The van der Waals surface area contributed by atoms with Crippen LogP contribution in [0.15, 0.2) is 23.0 Å². The monoisotopic (exact) mass is 206 g/mol. The molecule has 6 heteroatoms. The van der Waals surface area contributed by atoms with Gasteiger partial charge >= 0.3 is 6.01 Å². The van der Waals surface area contributed by atoms with Gasteiger partial charge in [-0.25, -0.2) is 0 Å². The second kappa shape index (κ2) is 3.95. The van der Waals surface area contributed by atoms with Gasteiger partial charge in [-0.1, -0.05) is 0 Å². The zero-order valence-corrected chi connectivity index (χ0v) is 8.39. The number of anilines is 1. The summed E-state index contributed by atoms with van der Waals surface area (Å²) in [5.41, 5.74) is 0.784. The fraction of sp³-hybridized carbons (Fsp3) is 0.222. The van der Waals surface area contributed by atoms with Crippen molar-refractivity contribution in [2.45, 2.75) is 0 Å². The molecule has 0 spiro atoms. The lowest BCUT2D eigenvalue weighted by Gasteiger charge is -2.03. The number of methoxy groups -OCH3 is 1. The molecule has 0 aliphatic carbocycles. The summed E-state index contributed by atoms with van der Waals surface area (Å²) in [6.45, 7) is 0. The van der Waals surface area contributed by atoms with Crippen molar-refractivity contribution >= 4 is 5.95 Å². The summed E-state index contributed by atoms with van der Waals surface area (Å²) in [6, 6.07) is 2.04. The Labute approximate surface area is 86.3 Å². The highest BCUT2D eigenvalue weighted by Gasteiger charge is 2.08. The van der Waals surface area contributed by atoms with E-state index in [4.69, 9.17) is 9.15 Å². The van der Waals surface area contributed by atoms with Gasteiger partial charge in [0.1, 0.15) is 6.26 Å². The van der Waals surface area contributed by atoms with Crippen LogP contribution in [0.25, 0.3) is 11.4 Å². The van der Waals surface area contributed by atoms with Crippen LogP contribution >= 0.6 is 0 Å². The first-order valence-corrected chi connectivity index (χ1v) is 4.34. The van der Waals surface area contributed by atoms with Crippen molar-refractivity contribution < 1.29 is 9.15 Å². The minimum Gasteiger partial charge on any atom is -0.472 e. The number of nitrogens with zero attached hydrogens (tertiary/aromatic N) is 3. The van der Waals surface area contributed by atoms with Gasteiger partial charge in [0.2, 0.25) is 5.95 Å². The van der Waals surface area contributed by atoms with E-state index in [-0.39, 0.29) is 6.01 Å². The van der Waals surface area contributed by atoms with Crippen molar-refractivity contribution in [3.05, 3.63) is 18.6 Å². The number of rotatable bonds is 3. The maximum absolute atomic E-state index is 4.96. The summed E-state index contributed by atoms with van der Waals surface area (Å²) >= 11 is 0. The van der Waals surface area contributed by atoms with Crippen LogP contribution in [0, 0.1) is 0 Å². The molecule has 0 fully saturated rings. The maximum Gasteiger partial charge on any atom is 0.321 e. The van der Waals surface area contributed by atoms with E-state index < -0.39 is 0 Å². The largest absolute Gasteiger partial charge is 0.472 e. The van der Waals surface area contributed by atoms with Crippen LogP contribution in [0.2, 0.25) is 0 Å². The predicted molar refractivity (Wildman–Crippen MR) is 53.6 cm³/mol. The van der Waals surface area contributed by atoms with E-state index in [0.717, 1.165) is 5.56 Å². The van der Waals surface area contributed by atoms with E-state index in [1.807, 2.05) is 0 Å². The highest BCUT2D eigenvalue weighted by Crippen LogP contribution is 2.18. The minimum absolute atomic E-state index is 0.269. The van der Waals surface area contributed by atoms with Crippen molar-refractivity contribution in [2.24, 2.45) is 0 Å². The molecule has 0 unspecified atom stereocenters. The smallest absolute Gasteiger partial charge is 0.321 e. The first-order valence-electron chi connectivity index (χ1n) is 4.34. The molecule has 0 atom stereocenters. The van der Waals surface area contributed by atoms with Crippen LogP contribution in [0.1, 0.15) is 0 Å². The van der Waals surface area contributed by atoms with Crippen LogP contribution in [-0.2, 0) is 0 Å². The van der Waals surface area contributed by atoms with Crippen LogP contribution in [0.4, 0.5) is 5.95 Å². The van der Waals surface area contributed by atoms with E-state index in [1.165, 1.54) is 7.11 Å². The molecule has 2 aromatic rings. The van der Waals surface area contributed by atoms with Gasteiger partial charge < -0.3 is 14.5 Å². The topological polar surface area (TPSA) is 73.1 Å². The average Bonchev–Trinajstić information content (AvgIpc) is 2.81. The fourth-order valence-corrected chi connectivity index (χ4v) is 1.08. The molecule has 0 radical (unpaired) electrons. The molecule has 0 bridgehead atoms. The number of ether oxygens (including phenoxy) is 1. The molecule has 6 nitrogen and oxygen atoms in total. The normalized spacial score (nSPS) is 10.0. The summed E-state index contributed by atoms with van der Waals surface area (Å²) < 4.78 is 9.92. The first kappa shape index (κ1) is 9.45. The molecule has 2 rings (SSSR count). The summed E-state index contributed by atoms with van der Waals surface area (Å²) in [5, 5.41) is 2.83. The third kappa shape index (κ3) is 1.88. The number of hydrogen-bond donors (Lipinski definition) is 1. The third-order valence-electron chi connectivity index (χ3n) is 1.80. The summed E-state index contributed by atoms with van der Waals surface area (Å²) in [4.78, 5) is 12.3. The van der Waals surface area contributed by atoms with Crippen molar-refractivity contribution in [1.82, 2.24) is 15.0 Å². The molecule has 78 valence electrons. The molecule has 0 aliphatic rings. The maximum atomic E-state index is 4.96. The second-order valence-electron chi connectivity index (χ2n) is 2.73.